The van der Waals surface area contributed by atoms with E-state index in [0.717, 1.165) is 36.0 Å². The van der Waals surface area contributed by atoms with Crippen molar-refractivity contribution in [1.82, 2.24) is 10.2 Å². The Hall–Kier alpha value is -1.55. The van der Waals surface area contributed by atoms with E-state index >= 15 is 0 Å². The smallest absolute Gasteiger partial charge is 0.0881 e. The normalized spacial score (nSPS) is 23.1. The third-order valence-corrected chi connectivity index (χ3v) is 3.53. The van der Waals surface area contributed by atoms with Crippen molar-refractivity contribution in [1.29, 1.82) is 0 Å². The number of para-hydroxylation sites is 1. The number of aromatic nitrogens is 2. The van der Waals surface area contributed by atoms with E-state index in [9.17, 15) is 0 Å². The zero-order valence-electron chi connectivity index (χ0n) is 10.9. The molecular weight excluding hydrogens is 226 g/mol. The van der Waals surface area contributed by atoms with E-state index in [2.05, 4.69) is 47.6 Å². The van der Waals surface area contributed by atoms with Gasteiger partial charge in [-0.2, -0.15) is 5.10 Å². The predicted molar refractivity (Wildman–Crippen MR) is 72.8 cm³/mol. The molecule has 3 rings (SSSR count). The first-order chi connectivity index (χ1) is 8.64. The second-order valence-corrected chi connectivity index (χ2v) is 5.58. The molecule has 0 radical (unpaired) electrons. The largest absolute Gasteiger partial charge is 0.380 e. The fourth-order valence-electron chi connectivity index (χ4n) is 2.66. The molecule has 0 aliphatic carbocycles. The standard InChI is InChI=1S/C14H19N3O/c1-14(2)8-11(6-7-18-14)16-12-5-3-4-10-9-15-17-13(10)12/h3-5,9,11,16H,6-8H2,1-2H3,(H,15,17). The maximum atomic E-state index is 5.75. The summed E-state index contributed by atoms with van der Waals surface area (Å²) in [6, 6.07) is 6.69. The summed E-state index contributed by atoms with van der Waals surface area (Å²) >= 11 is 0. The van der Waals surface area contributed by atoms with Crippen LogP contribution in [0.25, 0.3) is 10.9 Å². The highest BCUT2D eigenvalue weighted by atomic mass is 16.5. The Balaban J connectivity index is 1.82. The number of nitrogens with zero attached hydrogens (tertiary/aromatic N) is 1. The number of H-pyrrole nitrogens is 1. The molecule has 0 saturated carbocycles. The highest BCUT2D eigenvalue weighted by Crippen LogP contribution is 2.28. The number of aromatic amines is 1. The van der Waals surface area contributed by atoms with Gasteiger partial charge >= 0.3 is 0 Å². The first-order valence-electron chi connectivity index (χ1n) is 6.47. The van der Waals surface area contributed by atoms with Crippen LogP contribution in [0.15, 0.2) is 24.4 Å². The number of benzene rings is 1. The molecule has 2 N–H and O–H groups in total. The van der Waals surface area contributed by atoms with Crippen LogP contribution < -0.4 is 5.32 Å². The van der Waals surface area contributed by atoms with Crippen LogP contribution in [0.3, 0.4) is 0 Å². The van der Waals surface area contributed by atoms with Gasteiger partial charge in [0.05, 0.1) is 23.0 Å². The third kappa shape index (κ3) is 2.20. The lowest BCUT2D eigenvalue weighted by molar-refractivity contribution is -0.0553. The molecule has 1 aromatic carbocycles. The van der Waals surface area contributed by atoms with Crippen LogP contribution >= 0.6 is 0 Å². The topological polar surface area (TPSA) is 49.9 Å². The zero-order chi connectivity index (χ0) is 12.6. The number of rotatable bonds is 2. The zero-order valence-corrected chi connectivity index (χ0v) is 10.9. The van der Waals surface area contributed by atoms with E-state index in [1.165, 1.54) is 0 Å². The maximum absolute atomic E-state index is 5.75. The summed E-state index contributed by atoms with van der Waals surface area (Å²) in [6.45, 7) is 5.12. The SMILES string of the molecule is CC1(C)CC(Nc2cccc3cn[nH]c23)CCO1. The number of hydrogen-bond donors (Lipinski definition) is 2. The van der Waals surface area contributed by atoms with Gasteiger partial charge in [0.25, 0.3) is 0 Å². The first kappa shape index (κ1) is 11.5. The molecular formula is C14H19N3O. The second kappa shape index (κ2) is 4.28. The van der Waals surface area contributed by atoms with Gasteiger partial charge in [0.1, 0.15) is 0 Å². The Kier molecular flexibility index (Phi) is 2.74. The van der Waals surface area contributed by atoms with Crippen LogP contribution in [0.2, 0.25) is 0 Å². The Morgan fingerprint density at radius 3 is 3.17 bits per heavy atom. The second-order valence-electron chi connectivity index (χ2n) is 5.58. The average Bonchev–Trinajstić information content (AvgIpc) is 2.77. The van der Waals surface area contributed by atoms with Crippen molar-refractivity contribution in [3.8, 4) is 0 Å². The molecule has 18 heavy (non-hydrogen) atoms. The minimum Gasteiger partial charge on any atom is -0.380 e. The van der Waals surface area contributed by atoms with Crippen molar-refractivity contribution in [2.75, 3.05) is 11.9 Å². The minimum absolute atomic E-state index is 0.0300. The van der Waals surface area contributed by atoms with Crippen molar-refractivity contribution in [2.24, 2.45) is 0 Å². The molecule has 4 nitrogen and oxygen atoms in total. The fraction of sp³-hybridized carbons (Fsp3) is 0.500. The van der Waals surface area contributed by atoms with Crippen LogP contribution in [0, 0.1) is 0 Å². The molecule has 1 aromatic heterocycles. The Morgan fingerprint density at radius 1 is 1.44 bits per heavy atom. The summed E-state index contributed by atoms with van der Waals surface area (Å²) in [5.74, 6) is 0. The van der Waals surface area contributed by atoms with Gasteiger partial charge in [0.2, 0.25) is 0 Å². The minimum atomic E-state index is -0.0300. The van der Waals surface area contributed by atoms with Crippen molar-refractivity contribution >= 4 is 16.6 Å². The van der Waals surface area contributed by atoms with E-state index in [1.807, 2.05) is 6.20 Å². The quantitative estimate of drug-likeness (QED) is 0.855. The summed E-state index contributed by atoms with van der Waals surface area (Å²) in [4.78, 5) is 0. The summed E-state index contributed by atoms with van der Waals surface area (Å²) in [7, 11) is 0. The summed E-state index contributed by atoms with van der Waals surface area (Å²) < 4.78 is 5.75. The van der Waals surface area contributed by atoms with Crippen molar-refractivity contribution in [3.05, 3.63) is 24.4 Å². The lowest BCUT2D eigenvalue weighted by Gasteiger charge is -2.36. The van der Waals surface area contributed by atoms with Crippen LogP contribution in [0.4, 0.5) is 5.69 Å². The van der Waals surface area contributed by atoms with Crippen molar-refractivity contribution in [3.63, 3.8) is 0 Å². The van der Waals surface area contributed by atoms with Gasteiger partial charge in [-0.15, -0.1) is 0 Å². The van der Waals surface area contributed by atoms with Crippen LogP contribution in [-0.2, 0) is 4.74 Å². The molecule has 1 aliphatic heterocycles. The summed E-state index contributed by atoms with van der Waals surface area (Å²) in [5, 5.41) is 11.9. The van der Waals surface area contributed by atoms with E-state index in [0.29, 0.717) is 6.04 Å². The highest BCUT2D eigenvalue weighted by molar-refractivity contribution is 5.89. The molecule has 1 atom stereocenters. The number of hydrogen-bond acceptors (Lipinski definition) is 3. The Bertz CT molecular complexity index is 547. The van der Waals surface area contributed by atoms with Gasteiger partial charge < -0.3 is 10.1 Å². The molecule has 2 heterocycles. The Morgan fingerprint density at radius 2 is 2.33 bits per heavy atom. The maximum Gasteiger partial charge on any atom is 0.0881 e. The van der Waals surface area contributed by atoms with Gasteiger partial charge in [0.15, 0.2) is 0 Å². The predicted octanol–water partition coefficient (Wildman–Crippen LogP) is 2.93. The van der Waals surface area contributed by atoms with E-state index in [1.54, 1.807) is 0 Å². The Labute approximate surface area is 107 Å². The van der Waals surface area contributed by atoms with Crippen molar-refractivity contribution in [2.45, 2.75) is 38.3 Å². The van der Waals surface area contributed by atoms with Gasteiger partial charge in [0, 0.05) is 18.0 Å². The van der Waals surface area contributed by atoms with Crippen LogP contribution in [-0.4, -0.2) is 28.4 Å². The fourth-order valence-corrected chi connectivity index (χ4v) is 2.66. The number of nitrogens with one attached hydrogen (secondary N) is 2. The van der Waals surface area contributed by atoms with Gasteiger partial charge in [-0.1, -0.05) is 12.1 Å². The molecule has 2 aromatic rings. The van der Waals surface area contributed by atoms with Crippen molar-refractivity contribution < 1.29 is 4.74 Å². The van der Waals surface area contributed by atoms with Gasteiger partial charge in [-0.05, 0) is 32.8 Å². The first-order valence-corrected chi connectivity index (χ1v) is 6.47. The molecule has 1 aliphatic rings. The monoisotopic (exact) mass is 245 g/mol. The summed E-state index contributed by atoms with van der Waals surface area (Å²) in [6.07, 6.45) is 3.93. The molecule has 96 valence electrons. The lowest BCUT2D eigenvalue weighted by Crippen LogP contribution is -2.40. The van der Waals surface area contributed by atoms with E-state index in [-0.39, 0.29) is 5.60 Å². The van der Waals surface area contributed by atoms with Crippen LogP contribution in [0.5, 0.6) is 0 Å². The number of ether oxygens (including phenoxy) is 1. The molecule has 0 amide bonds. The van der Waals surface area contributed by atoms with Crippen LogP contribution in [0.1, 0.15) is 26.7 Å². The van der Waals surface area contributed by atoms with Gasteiger partial charge in [-0.25, -0.2) is 0 Å². The highest BCUT2D eigenvalue weighted by Gasteiger charge is 2.28. The van der Waals surface area contributed by atoms with E-state index < -0.39 is 0 Å². The number of anilines is 1. The van der Waals surface area contributed by atoms with E-state index in [4.69, 9.17) is 4.74 Å². The van der Waals surface area contributed by atoms with Gasteiger partial charge in [-0.3, -0.25) is 5.10 Å². The lowest BCUT2D eigenvalue weighted by atomic mass is 9.93. The third-order valence-electron chi connectivity index (χ3n) is 3.53. The molecule has 1 saturated heterocycles. The molecule has 0 spiro atoms. The molecule has 1 fully saturated rings. The molecule has 1 unspecified atom stereocenters. The molecule has 4 heteroatoms. The average molecular weight is 245 g/mol. The molecule has 0 bridgehead atoms. The summed E-state index contributed by atoms with van der Waals surface area (Å²) in [5.41, 5.74) is 2.19. The number of fused-ring (bicyclic) bond motifs is 1.